The third kappa shape index (κ3) is 1.57. The third-order valence-electron chi connectivity index (χ3n) is 1.66. The summed E-state index contributed by atoms with van der Waals surface area (Å²) >= 11 is 0. The summed E-state index contributed by atoms with van der Waals surface area (Å²) in [6, 6.07) is 3.51. The molecule has 0 atom stereocenters. The number of nitrogens with zero attached hydrogens (tertiary/aromatic N) is 2. The van der Waals surface area contributed by atoms with E-state index in [-0.39, 0.29) is 6.61 Å². The van der Waals surface area contributed by atoms with Crippen LogP contribution in [-0.4, -0.2) is 15.1 Å². The Morgan fingerprint density at radius 2 is 2.00 bits per heavy atom. The molecule has 0 saturated heterocycles. The Kier molecular flexibility index (Phi) is 2.06. The zero-order valence-corrected chi connectivity index (χ0v) is 6.84. The lowest BCUT2D eigenvalue weighted by molar-refractivity contribution is 0.248. The second-order valence-corrected chi connectivity index (χ2v) is 2.55. The van der Waals surface area contributed by atoms with Gasteiger partial charge >= 0.3 is 0 Å². The molecule has 0 fully saturated rings. The van der Waals surface area contributed by atoms with Crippen LogP contribution in [-0.2, 0) is 6.61 Å². The largest absolute Gasteiger partial charge is 0.459 e. The molecular formula is C9H8N2O2. The van der Waals surface area contributed by atoms with Gasteiger partial charge in [0.25, 0.3) is 0 Å². The van der Waals surface area contributed by atoms with Gasteiger partial charge in [-0.3, -0.25) is 0 Å². The number of aromatic nitrogens is 2. The predicted octanol–water partition coefficient (Wildman–Crippen LogP) is 1.23. The Morgan fingerprint density at radius 3 is 2.62 bits per heavy atom. The molecule has 66 valence electrons. The van der Waals surface area contributed by atoms with E-state index in [1.54, 1.807) is 24.5 Å². The molecule has 2 heterocycles. The fourth-order valence-electron chi connectivity index (χ4n) is 1.04. The highest BCUT2D eigenvalue weighted by molar-refractivity contribution is 5.54. The lowest BCUT2D eigenvalue weighted by atomic mass is 10.3. The van der Waals surface area contributed by atoms with Crippen LogP contribution in [0.15, 0.2) is 35.3 Å². The summed E-state index contributed by atoms with van der Waals surface area (Å²) in [5.74, 6) is 1.21. The monoisotopic (exact) mass is 176 g/mol. The SMILES string of the molecule is OCc1ccc(-c2cncnc2)o1. The molecule has 0 aliphatic rings. The number of furan rings is 1. The number of hydrogen-bond donors (Lipinski definition) is 1. The van der Waals surface area contributed by atoms with Crippen LogP contribution >= 0.6 is 0 Å². The van der Waals surface area contributed by atoms with Crippen molar-refractivity contribution in [2.45, 2.75) is 6.61 Å². The molecular weight excluding hydrogens is 168 g/mol. The molecule has 2 rings (SSSR count). The smallest absolute Gasteiger partial charge is 0.137 e. The van der Waals surface area contributed by atoms with Crippen LogP contribution in [0.5, 0.6) is 0 Å². The Labute approximate surface area is 74.9 Å². The van der Waals surface area contributed by atoms with Crippen LogP contribution in [0.25, 0.3) is 11.3 Å². The van der Waals surface area contributed by atoms with Gasteiger partial charge in [-0.25, -0.2) is 9.97 Å². The molecule has 2 aromatic heterocycles. The normalized spacial score (nSPS) is 10.2. The molecule has 0 aliphatic carbocycles. The van der Waals surface area contributed by atoms with Gasteiger partial charge in [-0.2, -0.15) is 0 Å². The minimum Gasteiger partial charge on any atom is -0.459 e. The van der Waals surface area contributed by atoms with Crippen LogP contribution in [0, 0.1) is 0 Å². The molecule has 2 aromatic rings. The quantitative estimate of drug-likeness (QED) is 0.747. The Balaban J connectivity index is 2.36. The molecule has 4 heteroatoms. The van der Waals surface area contributed by atoms with E-state index < -0.39 is 0 Å². The zero-order chi connectivity index (χ0) is 9.10. The van der Waals surface area contributed by atoms with Gasteiger partial charge in [-0.05, 0) is 12.1 Å². The van der Waals surface area contributed by atoms with Gasteiger partial charge in [0, 0.05) is 12.4 Å². The minimum atomic E-state index is -0.0896. The van der Waals surface area contributed by atoms with Crippen molar-refractivity contribution in [3.05, 3.63) is 36.6 Å². The highest BCUT2D eigenvalue weighted by Crippen LogP contribution is 2.19. The van der Waals surface area contributed by atoms with E-state index in [1.807, 2.05) is 0 Å². The Morgan fingerprint density at radius 1 is 1.23 bits per heavy atom. The van der Waals surface area contributed by atoms with Gasteiger partial charge in [0.2, 0.25) is 0 Å². The molecule has 0 saturated carbocycles. The summed E-state index contributed by atoms with van der Waals surface area (Å²) in [5, 5.41) is 8.77. The number of aliphatic hydroxyl groups excluding tert-OH is 1. The summed E-state index contributed by atoms with van der Waals surface area (Å²) in [6.45, 7) is -0.0896. The zero-order valence-electron chi connectivity index (χ0n) is 6.84. The molecule has 0 radical (unpaired) electrons. The molecule has 1 N–H and O–H groups in total. The lowest BCUT2D eigenvalue weighted by Gasteiger charge is -1.93. The van der Waals surface area contributed by atoms with E-state index in [2.05, 4.69) is 9.97 Å². The van der Waals surface area contributed by atoms with E-state index in [1.165, 1.54) is 6.33 Å². The molecule has 0 unspecified atom stereocenters. The van der Waals surface area contributed by atoms with Crippen LogP contribution in [0.3, 0.4) is 0 Å². The third-order valence-corrected chi connectivity index (χ3v) is 1.66. The summed E-state index contributed by atoms with van der Waals surface area (Å²) in [6.07, 6.45) is 4.78. The highest BCUT2D eigenvalue weighted by Gasteiger charge is 2.03. The summed E-state index contributed by atoms with van der Waals surface area (Å²) in [4.78, 5) is 7.73. The standard InChI is InChI=1S/C9H8N2O2/c12-5-8-1-2-9(13-8)7-3-10-6-11-4-7/h1-4,6,12H,5H2. The maximum Gasteiger partial charge on any atom is 0.137 e. The average molecular weight is 176 g/mol. The molecule has 0 aliphatic heterocycles. The van der Waals surface area contributed by atoms with E-state index in [4.69, 9.17) is 9.52 Å². The fraction of sp³-hybridized carbons (Fsp3) is 0.111. The molecule has 0 amide bonds. The molecule has 0 bridgehead atoms. The first-order valence-corrected chi connectivity index (χ1v) is 3.85. The summed E-state index contributed by atoms with van der Waals surface area (Å²) < 4.78 is 5.29. The van der Waals surface area contributed by atoms with Crippen molar-refractivity contribution in [1.82, 2.24) is 9.97 Å². The Bertz CT molecular complexity index is 384. The number of rotatable bonds is 2. The van der Waals surface area contributed by atoms with E-state index in [9.17, 15) is 0 Å². The maximum atomic E-state index is 8.77. The summed E-state index contributed by atoms with van der Waals surface area (Å²) in [5.41, 5.74) is 0.808. The Hall–Kier alpha value is -1.68. The predicted molar refractivity (Wildman–Crippen MR) is 45.7 cm³/mol. The number of hydrogen-bond acceptors (Lipinski definition) is 4. The van der Waals surface area contributed by atoms with Crippen LogP contribution in [0.1, 0.15) is 5.76 Å². The van der Waals surface area contributed by atoms with Gasteiger partial charge in [0.1, 0.15) is 24.5 Å². The highest BCUT2D eigenvalue weighted by atomic mass is 16.4. The topological polar surface area (TPSA) is 59.2 Å². The van der Waals surface area contributed by atoms with Gasteiger partial charge in [0.15, 0.2) is 0 Å². The first kappa shape index (κ1) is 7.94. The molecule has 0 spiro atoms. The first-order chi connectivity index (χ1) is 6.40. The van der Waals surface area contributed by atoms with Crippen molar-refractivity contribution in [2.24, 2.45) is 0 Å². The van der Waals surface area contributed by atoms with E-state index >= 15 is 0 Å². The van der Waals surface area contributed by atoms with Gasteiger partial charge in [-0.15, -0.1) is 0 Å². The summed E-state index contributed by atoms with van der Waals surface area (Å²) in [7, 11) is 0. The molecule has 0 aromatic carbocycles. The second kappa shape index (κ2) is 3.37. The van der Waals surface area contributed by atoms with Crippen molar-refractivity contribution < 1.29 is 9.52 Å². The van der Waals surface area contributed by atoms with Crippen LogP contribution in [0.2, 0.25) is 0 Å². The maximum absolute atomic E-state index is 8.77. The van der Waals surface area contributed by atoms with Crippen LogP contribution < -0.4 is 0 Å². The van der Waals surface area contributed by atoms with E-state index in [0.717, 1.165) is 5.56 Å². The second-order valence-electron chi connectivity index (χ2n) is 2.55. The van der Waals surface area contributed by atoms with Gasteiger partial charge in [0.05, 0.1) is 5.56 Å². The first-order valence-electron chi connectivity index (χ1n) is 3.85. The van der Waals surface area contributed by atoms with Crippen molar-refractivity contribution in [2.75, 3.05) is 0 Å². The van der Waals surface area contributed by atoms with Crippen molar-refractivity contribution in [3.63, 3.8) is 0 Å². The minimum absolute atomic E-state index is 0.0896. The van der Waals surface area contributed by atoms with Crippen LogP contribution in [0.4, 0.5) is 0 Å². The van der Waals surface area contributed by atoms with E-state index in [0.29, 0.717) is 11.5 Å². The molecule has 13 heavy (non-hydrogen) atoms. The van der Waals surface area contributed by atoms with Crippen molar-refractivity contribution in [3.8, 4) is 11.3 Å². The lowest BCUT2D eigenvalue weighted by Crippen LogP contribution is -1.79. The fourth-order valence-corrected chi connectivity index (χ4v) is 1.04. The van der Waals surface area contributed by atoms with Crippen molar-refractivity contribution >= 4 is 0 Å². The van der Waals surface area contributed by atoms with Gasteiger partial charge < -0.3 is 9.52 Å². The van der Waals surface area contributed by atoms with Crippen molar-refractivity contribution in [1.29, 1.82) is 0 Å². The molecule has 4 nitrogen and oxygen atoms in total. The van der Waals surface area contributed by atoms with Gasteiger partial charge in [-0.1, -0.05) is 0 Å². The number of aliphatic hydroxyl groups is 1. The average Bonchev–Trinajstić information content (AvgIpc) is 2.67.